The maximum atomic E-state index is 12.3. The van der Waals surface area contributed by atoms with E-state index in [0.717, 1.165) is 5.52 Å². The molecule has 112 valence electrons. The molecule has 6 nitrogen and oxygen atoms in total. The summed E-state index contributed by atoms with van der Waals surface area (Å²) in [6.45, 7) is -0.158. The van der Waals surface area contributed by atoms with Gasteiger partial charge in [0.2, 0.25) is 0 Å². The highest BCUT2D eigenvalue weighted by atomic mass is 16.5. The number of hydrogen-bond acceptors (Lipinski definition) is 4. The van der Waals surface area contributed by atoms with Crippen LogP contribution in [-0.4, -0.2) is 27.5 Å². The number of fused-ring (bicyclic) bond motifs is 1. The summed E-state index contributed by atoms with van der Waals surface area (Å²) >= 11 is 0. The van der Waals surface area contributed by atoms with Crippen LogP contribution in [0.1, 0.15) is 15.9 Å². The quantitative estimate of drug-likeness (QED) is 0.773. The van der Waals surface area contributed by atoms with Crippen molar-refractivity contribution in [2.24, 2.45) is 0 Å². The minimum Gasteiger partial charge on any atom is -0.496 e. The number of ether oxygens (including phenoxy) is 1. The fraction of sp³-hybridized carbons (Fsp3) is 0.125. The first-order chi connectivity index (χ1) is 10.7. The Morgan fingerprint density at radius 1 is 1.36 bits per heavy atom. The zero-order valence-electron chi connectivity index (χ0n) is 12.0. The van der Waals surface area contributed by atoms with E-state index in [1.165, 1.54) is 7.11 Å². The number of rotatable bonds is 4. The molecule has 0 saturated carbocycles. The highest BCUT2D eigenvalue weighted by Crippen LogP contribution is 2.23. The second-order valence-corrected chi connectivity index (χ2v) is 4.78. The lowest BCUT2D eigenvalue weighted by Crippen LogP contribution is -2.12. The number of imidazole rings is 1. The highest BCUT2D eigenvalue weighted by molar-refractivity contribution is 6.04. The maximum Gasteiger partial charge on any atom is 0.255 e. The Kier molecular flexibility index (Phi) is 3.76. The molecule has 3 rings (SSSR count). The molecule has 0 saturated heterocycles. The number of hydrogen-bond donors (Lipinski definition) is 2. The van der Waals surface area contributed by atoms with Crippen molar-refractivity contribution < 1.29 is 14.6 Å². The molecular formula is C16H15N3O3. The average molecular weight is 297 g/mol. The minimum atomic E-state index is -0.224. The molecule has 6 heteroatoms. The predicted molar refractivity (Wildman–Crippen MR) is 82.1 cm³/mol. The van der Waals surface area contributed by atoms with Crippen LogP contribution in [0.3, 0.4) is 0 Å². The van der Waals surface area contributed by atoms with Crippen molar-refractivity contribution in [1.29, 1.82) is 0 Å². The van der Waals surface area contributed by atoms with E-state index in [0.29, 0.717) is 22.6 Å². The number of methoxy groups -OCH3 is 1. The largest absolute Gasteiger partial charge is 0.496 e. The topological polar surface area (TPSA) is 75.9 Å². The lowest BCUT2D eigenvalue weighted by molar-refractivity contribution is 0.102. The summed E-state index contributed by atoms with van der Waals surface area (Å²) in [5.41, 5.74) is 2.60. The van der Waals surface area contributed by atoms with E-state index >= 15 is 0 Å². The Morgan fingerprint density at radius 2 is 2.23 bits per heavy atom. The molecule has 0 atom stereocenters. The van der Waals surface area contributed by atoms with Crippen LogP contribution in [0, 0.1) is 0 Å². The van der Waals surface area contributed by atoms with Crippen molar-refractivity contribution in [2.75, 3.05) is 12.4 Å². The van der Waals surface area contributed by atoms with Gasteiger partial charge in [0.25, 0.3) is 5.91 Å². The summed E-state index contributed by atoms with van der Waals surface area (Å²) in [6, 6.07) is 8.61. The van der Waals surface area contributed by atoms with Gasteiger partial charge in [0.1, 0.15) is 5.75 Å². The lowest BCUT2D eigenvalue weighted by atomic mass is 10.1. The summed E-state index contributed by atoms with van der Waals surface area (Å²) in [5.74, 6) is 0.360. The van der Waals surface area contributed by atoms with Gasteiger partial charge in [0.15, 0.2) is 0 Å². The van der Waals surface area contributed by atoms with E-state index in [1.807, 2.05) is 4.40 Å². The summed E-state index contributed by atoms with van der Waals surface area (Å²) in [7, 11) is 1.54. The standard InChI is InChI=1S/C16H15N3O3/c1-22-15-3-2-13(6-12(15)9-20)18-16(21)11-4-5-19-10-17-8-14(19)7-11/h2-8,10,20H,9H2,1H3,(H,18,21). The molecule has 0 aliphatic carbocycles. The van der Waals surface area contributed by atoms with E-state index in [9.17, 15) is 9.90 Å². The fourth-order valence-corrected chi connectivity index (χ4v) is 2.24. The van der Waals surface area contributed by atoms with Crippen LogP contribution < -0.4 is 10.1 Å². The Hall–Kier alpha value is -2.86. The summed E-state index contributed by atoms with van der Waals surface area (Å²) in [5, 5.41) is 12.1. The molecule has 0 aliphatic heterocycles. The molecular weight excluding hydrogens is 282 g/mol. The minimum absolute atomic E-state index is 0.158. The molecule has 0 spiro atoms. The predicted octanol–water partition coefficient (Wildman–Crippen LogP) is 2.09. The molecule has 0 radical (unpaired) electrons. The van der Waals surface area contributed by atoms with Crippen molar-refractivity contribution in [3.05, 3.63) is 60.2 Å². The zero-order valence-corrected chi connectivity index (χ0v) is 12.0. The maximum absolute atomic E-state index is 12.3. The van der Waals surface area contributed by atoms with Crippen molar-refractivity contribution in [1.82, 2.24) is 9.38 Å². The SMILES string of the molecule is COc1ccc(NC(=O)c2ccn3cncc3c2)cc1CO. The number of benzene rings is 1. The van der Waals surface area contributed by atoms with E-state index in [2.05, 4.69) is 10.3 Å². The van der Waals surface area contributed by atoms with Gasteiger partial charge in [-0.3, -0.25) is 4.79 Å². The van der Waals surface area contributed by atoms with Gasteiger partial charge in [-0.05, 0) is 30.3 Å². The third-order valence-electron chi connectivity index (χ3n) is 3.38. The number of carbonyl (C=O) groups excluding carboxylic acids is 1. The van der Waals surface area contributed by atoms with Crippen LogP contribution in [-0.2, 0) is 6.61 Å². The third-order valence-corrected chi connectivity index (χ3v) is 3.38. The molecule has 0 unspecified atom stereocenters. The number of nitrogens with one attached hydrogen (secondary N) is 1. The second kappa shape index (κ2) is 5.87. The number of nitrogens with zero attached hydrogens (tertiary/aromatic N) is 2. The number of aliphatic hydroxyl groups is 1. The normalized spacial score (nSPS) is 10.6. The third kappa shape index (κ3) is 2.64. The van der Waals surface area contributed by atoms with Gasteiger partial charge in [0, 0.05) is 23.0 Å². The summed E-state index contributed by atoms with van der Waals surface area (Å²) in [6.07, 6.45) is 5.15. The van der Waals surface area contributed by atoms with Crippen molar-refractivity contribution >= 4 is 17.1 Å². The zero-order chi connectivity index (χ0) is 15.5. The molecule has 1 amide bonds. The Bertz CT molecular complexity index is 826. The number of carbonyl (C=O) groups is 1. The van der Waals surface area contributed by atoms with Crippen molar-refractivity contribution in [3.8, 4) is 5.75 Å². The van der Waals surface area contributed by atoms with Gasteiger partial charge in [-0.15, -0.1) is 0 Å². The molecule has 2 aromatic heterocycles. The van der Waals surface area contributed by atoms with Gasteiger partial charge >= 0.3 is 0 Å². The molecule has 3 aromatic rings. The smallest absolute Gasteiger partial charge is 0.255 e. The van der Waals surface area contributed by atoms with E-state index in [1.54, 1.807) is 49.1 Å². The van der Waals surface area contributed by atoms with Gasteiger partial charge in [-0.25, -0.2) is 4.98 Å². The Morgan fingerprint density at radius 3 is 3.00 bits per heavy atom. The molecule has 2 heterocycles. The molecule has 22 heavy (non-hydrogen) atoms. The van der Waals surface area contributed by atoms with E-state index in [-0.39, 0.29) is 12.5 Å². The lowest BCUT2D eigenvalue weighted by Gasteiger charge is -2.10. The van der Waals surface area contributed by atoms with Gasteiger partial charge < -0.3 is 19.6 Å². The van der Waals surface area contributed by atoms with Gasteiger partial charge in [-0.1, -0.05) is 0 Å². The first kappa shape index (κ1) is 14.1. The van der Waals surface area contributed by atoms with Crippen molar-refractivity contribution in [3.63, 3.8) is 0 Å². The molecule has 0 aliphatic rings. The van der Waals surface area contributed by atoms with E-state index < -0.39 is 0 Å². The summed E-state index contributed by atoms with van der Waals surface area (Å²) < 4.78 is 6.97. The summed E-state index contributed by atoms with van der Waals surface area (Å²) in [4.78, 5) is 16.3. The van der Waals surface area contributed by atoms with E-state index in [4.69, 9.17) is 4.74 Å². The molecule has 0 fully saturated rings. The average Bonchev–Trinajstić information content (AvgIpc) is 3.02. The first-order valence-electron chi connectivity index (χ1n) is 6.72. The molecule has 0 bridgehead atoms. The Labute approximate surface area is 127 Å². The molecule has 1 aromatic carbocycles. The number of anilines is 1. The number of aromatic nitrogens is 2. The first-order valence-corrected chi connectivity index (χ1v) is 6.72. The van der Waals surface area contributed by atoms with Crippen LogP contribution in [0.4, 0.5) is 5.69 Å². The van der Waals surface area contributed by atoms with Gasteiger partial charge in [0.05, 0.1) is 31.8 Å². The monoisotopic (exact) mass is 297 g/mol. The van der Waals surface area contributed by atoms with Crippen LogP contribution >= 0.6 is 0 Å². The highest BCUT2D eigenvalue weighted by Gasteiger charge is 2.09. The molecule has 2 N–H and O–H groups in total. The van der Waals surface area contributed by atoms with Crippen LogP contribution in [0.15, 0.2) is 49.1 Å². The Balaban J connectivity index is 1.84. The van der Waals surface area contributed by atoms with Crippen LogP contribution in [0.5, 0.6) is 5.75 Å². The second-order valence-electron chi connectivity index (χ2n) is 4.78. The number of amides is 1. The number of pyridine rings is 1. The van der Waals surface area contributed by atoms with Crippen molar-refractivity contribution in [2.45, 2.75) is 6.61 Å². The van der Waals surface area contributed by atoms with Crippen LogP contribution in [0.25, 0.3) is 5.52 Å². The number of aliphatic hydroxyl groups excluding tert-OH is 1. The van der Waals surface area contributed by atoms with Crippen LogP contribution in [0.2, 0.25) is 0 Å². The van der Waals surface area contributed by atoms with Gasteiger partial charge in [-0.2, -0.15) is 0 Å². The fourth-order valence-electron chi connectivity index (χ4n) is 2.24.